The topological polar surface area (TPSA) is 53.5 Å². The summed E-state index contributed by atoms with van der Waals surface area (Å²) in [5, 5.41) is 9.37. The van der Waals surface area contributed by atoms with Crippen LogP contribution in [0.5, 0.6) is 0 Å². The van der Waals surface area contributed by atoms with Crippen LogP contribution in [0.4, 0.5) is 0 Å². The van der Waals surface area contributed by atoms with Gasteiger partial charge in [-0.05, 0) is 30.9 Å². The van der Waals surface area contributed by atoms with E-state index in [1.165, 1.54) is 24.2 Å². The Kier molecular flexibility index (Phi) is 1.98. The van der Waals surface area contributed by atoms with Gasteiger partial charge in [-0.25, -0.2) is 0 Å². The quantitative estimate of drug-likeness (QED) is 0.574. The Balaban J connectivity index is 2.10. The summed E-state index contributed by atoms with van der Waals surface area (Å²) in [6.07, 6.45) is 4.40. The van der Waals surface area contributed by atoms with Crippen molar-refractivity contribution in [2.45, 2.75) is 31.8 Å². The second-order valence-electron chi connectivity index (χ2n) is 3.31. The van der Waals surface area contributed by atoms with Gasteiger partial charge in [0.2, 0.25) is 0 Å². The van der Waals surface area contributed by atoms with Gasteiger partial charge in [0.15, 0.2) is 6.17 Å². The molecule has 1 atom stereocenters. The van der Waals surface area contributed by atoms with Gasteiger partial charge in [0, 0.05) is 11.4 Å². The number of nitrogens with one attached hydrogen (secondary N) is 2. The van der Waals surface area contributed by atoms with Crippen molar-refractivity contribution in [2.24, 2.45) is 5.18 Å². The van der Waals surface area contributed by atoms with Crippen molar-refractivity contribution in [3.05, 3.63) is 16.3 Å². The largest absolute Gasteiger partial charge is 0.383 e. The predicted molar refractivity (Wildman–Crippen MR) is 46.2 cm³/mol. The molecule has 1 aliphatic heterocycles. The number of rotatable bonds is 1. The van der Waals surface area contributed by atoms with E-state index in [9.17, 15) is 4.91 Å². The van der Waals surface area contributed by atoms with E-state index in [1.807, 2.05) is 0 Å². The summed E-state index contributed by atoms with van der Waals surface area (Å²) in [7, 11) is 0. The fourth-order valence-corrected chi connectivity index (χ4v) is 1.80. The van der Waals surface area contributed by atoms with Crippen LogP contribution in [0.2, 0.25) is 0 Å². The van der Waals surface area contributed by atoms with Crippen LogP contribution in [0.25, 0.3) is 0 Å². The fraction of sp³-hybridized carbons (Fsp3) is 0.750. The maximum Gasteiger partial charge on any atom is 0.178 e. The lowest BCUT2D eigenvalue weighted by Gasteiger charge is -2.29. The van der Waals surface area contributed by atoms with E-state index in [0.717, 1.165) is 12.8 Å². The molecule has 0 aromatic heterocycles. The van der Waals surface area contributed by atoms with Gasteiger partial charge in [0.25, 0.3) is 0 Å². The van der Waals surface area contributed by atoms with Gasteiger partial charge in [-0.15, -0.1) is 4.91 Å². The molecule has 1 aliphatic carbocycles. The lowest BCUT2D eigenvalue weighted by molar-refractivity contribution is 0.455. The highest BCUT2D eigenvalue weighted by Crippen LogP contribution is 2.23. The van der Waals surface area contributed by atoms with E-state index in [2.05, 4.69) is 15.8 Å². The molecule has 2 aliphatic rings. The molecule has 0 aromatic carbocycles. The molecule has 0 saturated heterocycles. The van der Waals surface area contributed by atoms with Crippen molar-refractivity contribution in [3.63, 3.8) is 0 Å². The summed E-state index contributed by atoms with van der Waals surface area (Å²) in [4.78, 5) is 10.3. The second-order valence-corrected chi connectivity index (χ2v) is 3.31. The Morgan fingerprint density at radius 1 is 1.25 bits per heavy atom. The number of nitrogens with zero attached hydrogens (tertiary/aromatic N) is 1. The average molecular weight is 167 g/mol. The minimum atomic E-state index is -0.262. The van der Waals surface area contributed by atoms with Crippen molar-refractivity contribution in [3.8, 4) is 0 Å². The number of allylic oxidation sites excluding steroid dienone is 2. The minimum Gasteiger partial charge on any atom is -0.383 e. The molecule has 66 valence electrons. The molecule has 0 aromatic rings. The SMILES string of the molecule is O=NC1CNC2=C(CCCC2)N1. The molecular weight excluding hydrogens is 154 g/mol. The molecule has 4 heteroatoms. The number of hydrogen-bond donors (Lipinski definition) is 2. The zero-order chi connectivity index (χ0) is 8.39. The lowest BCUT2D eigenvalue weighted by atomic mass is 9.99. The third-order valence-electron chi connectivity index (χ3n) is 2.44. The molecule has 12 heavy (non-hydrogen) atoms. The van der Waals surface area contributed by atoms with Crippen LogP contribution in [-0.2, 0) is 0 Å². The Morgan fingerprint density at radius 2 is 2.00 bits per heavy atom. The van der Waals surface area contributed by atoms with Gasteiger partial charge in [-0.1, -0.05) is 0 Å². The number of hydrogen-bond acceptors (Lipinski definition) is 4. The van der Waals surface area contributed by atoms with Crippen LogP contribution in [-0.4, -0.2) is 12.7 Å². The first-order valence-electron chi connectivity index (χ1n) is 4.45. The van der Waals surface area contributed by atoms with Crippen molar-refractivity contribution >= 4 is 0 Å². The molecule has 1 unspecified atom stereocenters. The molecule has 0 saturated carbocycles. The van der Waals surface area contributed by atoms with Crippen LogP contribution >= 0.6 is 0 Å². The third kappa shape index (κ3) is 1.29. The van der Waals surface area contributed by atoms with E-state index in [0.29, 0.717) is 6.54 Å². The van der Waals surface area contributed by atoms with E-state index in [4.69, 9.17) is 0 Å². The molecule has 0 radical (unpaired) electrons. The predicted octanol–water partition coefficient (Wildman–Crippen LogP) is 1.06. The summed E-state index contributed by atoms with van der Waals surface area (Å²) < 4.78 is 0. The molecule has 0 spiro atoms. The average Bonchev–Trinajstić information content (AvgIpc) is 2.17. The van der Waals surface area contributed by atoms with E-state index in [1.54, 1.807) is 0 Å². The van der Waals surface area contributed by atoms with Crippen LogP contribution in [0.15, 0.2) is 16.6 Å². The Bertz CT molecular complexity index is 224. The molecule has 2 rings (SSSR count). The highest BCUT2D eigenvalue weighted by Gasteiger charge is 2.21. The first-order valence-corrected chi connectivity index (χ1v) is 4.45. The van der Waals surface area contributed by atoms with Crippen LogP contribution in [0.3, 0.4) is 0 Å². The maximum atomic E-state index is 10.3. The number of nitroso groups, excluding NO2 is 1. The summed E-state index contributed by atoms with van der Waals surface area (Å²) in [5.74, 6) is 0. The monoisotopic (exact) mass is 167 g/mol. The van der Waals surface area contributed by atoms with Crippen LogP contribution in [0.1, 0.15) is 25.7 Å². The maximum absolute atomic E-state index is 10.3. The highest BCUT2D eigenvalue weighted by atomic mass is 16.3. The minimum absolute atomic E-state index is 0.262. The molecule has 2 N–H and O–H groups in total. The van der Waals surface area contributed by atoms with Crippen LogP contribution in [0, 0.1) is 4.91 Å². The van der Waals surface area contributed by atoms with Gasteiger partial charge in [0.1, 0.15) is 0 Å². The first-order chi connectivity index (χ1) is 5.90. The van der Waals surface area contributed by atoms with E-state index >= 15 is 0 Å². The molecule has 1 heterocycles. The summed E-state index contributed by atoms with van der Waals surface area (Å²) in [5.41, 5.74) is 2.50. The molecule has 0 amide bonds. The van der Waals surface area contributed by atoms with E-state index < -0.39 is 0 Å². The van der Waals surface area contributed by atoms with Gasteiger partial charge >= 0.3 is 0 Å². The van der Waals surface area contributed by atoms with Crippen molar-refractivity contribution in [1.29, 1.82) is 0 Å². The second kappa shape index (κ2) is 3.13. The van der Waals surface area contributed by atoms with Gasteiger partial charge < -0.3 is 10.6 Å². The lowest BCUT2D eigenvalue weighted by Crippen LogP contribution is -2.43. The zero-order valence-corrected chi connectivity index (χ0v) is 6.97. The first kappa shape index (κ1) is 7.58. The molecule has 0 fully saturated rings. The summed E-state index contributed by atoms with van der Waals surface area (Å²) in [6, 6.07) is 0. The Hall–Kier alpha value is -1.06. The fourth-order valence-electron chi connectivity index (χ4n) is 1.80. The smallest absolute Gasteiger partial charge is 0.178 e. The third-order valence-corrected chi connectivity index (χ3v) is 2.44. The Labute approximate surface area is 71.4 Å². The summed E-state index contributed by atoms with van der Waals surface area (Å²) >= 11 is 0. The van der Waals surface area contributed by atoms with Gasteiger partial charge in [0.05, 0.1) is 6.54 Å². The Morgan fingerprint density at radius 3 is 2.75 bits per heavy atom. The van der Waals surface area contributed by atoms with Crippen molar-refractivity contribution in [2.75, 3.05) is 6.54 Å². The van der Waals surface area contributed by atoms with Crippen LogP contribution < -0.4 is 10.6 Å². The molecular formula is C8H13N3O. The standard InChI is InChI=1S/C8H13N3O/c12-11-8-5-9-6-3-1-2-4-7(6)10-8/h8-10H,1-5H2. The normalized spacial score (nSPS) is 28.5. The molecule has 4 nitrogen and oxygen atoms in total. The zero-order valence-electron chi connectivity index (χ0n) is 6.97. The van der Waals surface area contributed by atoms with Gasteiger partial charge in [-0.2, -0.15) is 0 Å². The van der Waals surface area contributed by atoms with E-state index in [-0.39, 0.29) is 6.17 Å². The van der Waals surface area contributed by atoms with Crippen molar-refractivity contribution in [1.82, 2.24) is 10.6 Å². The van der Waals surface area contributed by atoms with Gasteiger partial charge in [-0.3, -0.25) is 0 Å². The summed E-state index contributed by atoms with van der Waals surface area (Å²) in [6.45, 7) is 0.641. The molecule has 0 bridgehead atoms. The highest BCUT2D eigenvalue weighted by molar-refractivity contribution is 5.17. The van der Waals surface area contributed by atoms with Crippen molar-refractivity contribution < 1.29 is 0 Å².